The first kappa shape index (κ1) is 16.4. The molecule has 0 saturated carbocycles. The number of fused-ring (bicyclic) bond motifs is 1. The van der Waals surface area contributed by atoms with Crippen molar-refractivity contribution in [2.24, 2.45) is 5.92 Å². The Labute approximate surface area is 142 Å². The van der Waals surface area contributed by atoms with Crippen LogP contribution in [0.5, 0.6) is 5.75 Å². The Morgan fingerprint density at radius 1 is 1.43 bits per heavy atom. The molecular formula is C17H25ClN3O2+. The number of nitrogen functional groups attached to an aromatic ring is 1. The zero-order valence-electron chi connectivity index (χ0n) is 13.8. The highest BCUT2D eigenvalue weighted by Gasteiger charge is 2.48. The molecule has 1 aromatic carbocycles. The molecule has 2 heterocycles. The Hall–Kier alpha value is -1.46. The lowest BCUT2D eigenvalue weighted by Gasteiger charge is -2.31. The molecule has 2 aliphatic rings. The van der Waals surface area contributed by atoms with Gasteiger partial charge in [-0.25, -0.2) is 0 Å². The zero-order valence-corrected chi connectivity index (χ0v) is 14.5. The van der Waals surface area contributed by atoms with E-state index < -0.39 is 0 Å². The average molecular weight is 339 g/mol. The summed E-state index contributed by atoms with van der Waals surface area (Å²) in [5.74, 6) is 0.863. The molecule has 6 heteroatoms. The summed E-state index contributed by atoms with van der Waals surface area (Å²) in [5.41, 5.74) is 6.62. The molecule has 0 spiro atoms. The molecule has 0 aromatic heterocycles. The molecule has 0 radical (unpaired) electrons. The number of amides is 1. The van der Waals surface area contributed by atoms with Crippen molar-refractivity contribution in [3.63, 3.8) is 0 Å². The van der Waals surface area contributed by atoms with Gasteiger partial charge in [0.15, 0.2) is 0 Å². The Morgan fingerprint density at radius 3 is 2.96 bits per heavy atom. The molecule has 23 heavy (non-hydrogen) atoms. The molecule has 2 fully saturated rings. The third kappa shape index (κ3) is 3.00. The summed E-state index contributed by atoms with van der Waals surface area (Å²) in [6, 6.07) is 3.86. The highest BCUT2D eigenvalue weighted by molar-refractivity contribution is 6.33. The second-order valence-corrected chi connectivity index (χ2v) is 7.38. The number of carbonyl (C=O) groups excluding carboxylic acids is 1. The fraction of sp³-hybridized carbons (Fsp3) is 0.588. The number of carbonyl (C=O) groups is 1. The molecule has 5 nitrogen and oxygen atoms in total. The Morgan fingerprint density at radius 2 is 2.22 bits per heavy atom. The lowest BCUT2D eigenvalue weighted by molar-refractivity contribution is -0.910. The van der Waals surface area contributed by atoms with Gasteiger partial charge >= 0.3 is 0 Å². The number of ether oxygens (including phenoxy) is 1. The maximum absolute atomic E-state index is 12.5. The van der Waals surface area contributed by atoms with Gasteiger partial charge in [0.2, 0.25) is 0 Å². The summed E-state index contributed by atoms with van der Waals surface area (Å²) < 4.78 is 6.44. The summed E-state index contributed by atoms with van der Waals surface area (Å²) in [5, 5.41) is 3.44. The van der Waals surface area contributed by atoms with Gasteiger partial charge in [-0.05, 0) is 6.07 Å². The monoisotopic (exact) mass is 338 g/mol. The maximum atomic E-state index is 12.5. The highest BCUT2D eigenvalue weighted by Crippen LogP contribution is 2.38. The molecule has 126 valence electrons. The van der Waals surface area contributed by atoms with Crippen molar-refractivity contribution in [1.82, 2.24) is 5.32 Å². The smallest absolute Gasteiger partial charge is 0.255 e. The number of halogens is 1. The largest absolute Gasteiger partial charge is 0.496 e. The highest BCUT2D eigenvalue weighted by atomic mass is 35.5. The molecule has 1 amide bonds. The first-order chi connectivity index (χ1) is 10.9. The van der Waals surface area contributed by atoms with Crippen molar-refractivity contribution in [2.75, 3.05) is 39.5 Å². The van der Waals surface area contributed by atoms with Crippen LogP contribution in [0.1, 0.15) is 29.6 Å². The fourth-order valence-electron chi connectivity index (χ4n) is 4.29. The van der Waals surface area contributed by atoms with Gasteiger partial charge < -0.3 is 20.3 Å². The summed E-state index contributed by atoms with van der Waals surface area (Å²) in [4.78, 5) is 12.5. The first-order valence-corrected chi connectivity index (χ1v) is 8.58. The standard InChI is InChI=1S/C17H24ClN3O2/c1-21-6-3-4-15(21)11(5-7-21)10-20-17(22)12-8-13(18)14(19)9-16(12)23-2/h8-9,11,15H,3-7,10H2,1-2H3,(H2-,19,20,22)/p+1/t11-,15-,21+/m0/s1. The van der Waals surface area contributed by atoms with E-state index in [0.717, 1.165) is 0 Å². The predicted octanol–water partition coefficient (Wildman–Crippen LogP) is 2.29. The van der Waals surface area contributed by atoms with Gasteiger partial charge in [0.1, 0.15) is 5.75 Å². The SMILES string of the molecule is COc1cc(N)c(Cl)cc1C(=O)NC[C@@H]1CC[N@@+]2(C)CCC[C@@H]12. The normalized spacial score (nSPS) is 29.3. The first-order valence-electron chi connectivity index (χ1n) is 8.20. The molecule has 0 unspecified atom stereocenters. The minimum atomic E-state index is -0.150. The molecule has 2 aliphatic heterocycles. The van der Waals surface area contributed by atoms with E-state index in [1.807, 2.05) is 0 Å². The van der Waals surface area contributed by atoms with Gasteiger partial charge in [0.25, 0.3) is 5.91 Å². The van der Waals surface area contributed by atoms with Gasteiger partial charge in [0.05, 0.1) is 49.6 Å². The lowest BCUT2D eigenvalue weighted by Crippen LogP contribution is -2.46. The minimum absolute atomic E-state index is 0.150. The van der Waals surface area contributed by atoms with Gasteiger partial charge in [-0.1, -0.05) is 11.6 Å². The van der Waals surface area contributed by atoms with Crippen molar-refractivity contribution >= 4 is 23.2 Å². The van der Waals surface area contributed by atoms with Gasteiger partial charge in [0, 0.05) is 37.8 Å². The quantitative estimate of drug-likeness (QED) is 0.654. The van der Waals surface area contributed by atoms with Crippen LogP contribution in [0.2, 0.25) is 5.02 Å². The molecule has 0 aliphatic carbocycles. The van der Waals surface area contributed by atoms with Crippen molar-refractivity contribution in [3.8, 4) is 5.75 Å². The lowest BCUT2D eigenvalue weighted by atomic mass is 9.98. The van der Waals surface area contributed by atoms with Crippen LogP contribution in [0.25, 0.3) is 0 Å². The number of nitrogens with one attached hydrogen (secondary N) is 1. The van der Waals surface area contributed by atoms with Crippen LogP contribution < -0.4 is 15.8 Å². The van der Waals surface area contributed by atoms with Gasteiger partial charge in [-0.15, -0.1) is 0 Å². The molecule has 1 aromatic rings. The van der Waals surface area contributed by atoms with E-state index in [1.54, 1.807) is 12.1 Å². The maximum Gasteiger partial charge on any atom is 0.255 e. The van der Waals surface area contributed by atoms with E-state index >= 15 is 0 Å². The Kier molecular flexibility index (Phi) is 4.43. The zero-order chi connectivity index (χ0) is 16.6. The Bertz CT molecular complexity index is 622. The summed E-state index contributed by atoms with van der Waals surface area (Å²) >= 11 is 6.04. The van der Waals surface area contributed by atoms with E-state index in [0.29, 0.717) is 40.5 Å². The summed E-state index contributed by atoms with van der Waals surface area (Å²) in [7, 11) is 3.88. The second kappa shape index (κ2) is 6.21. The van der Waals surface area contributed by atoms with Crippen LogP contribution >= 0.6 is 11.6 Å². The number of methoxy groups -OCH3 is 1. The average Bonchev–Trinajstić information content (AvgIpc) is 3.04. The van der Waals surface area contributed by atoms with Gasteiger partial charge in [-0.3, -0.25) is 4.79 Å². The topological polar surface area (TPSA) is 64.3 Å². The third-order valence-electron chi connectivity index (χ3n) is 5.61. The summed E-state index contributed by atoms with van der Waals surface area (Å²) in [6.07, 6.45) is 3.75. The predicted molar refractivity (Wildman–Crippen MR) is 91.8 cm³/mol. The van der Waals surface area contributed by atoms with E-state index in [-0.39, 0.29) is 5.91 Å². The number of hydrogen-bond donors (Lipinski definition) is 2. The molecular weight excluding hydrogens is 314 g/mol. The number of quaternary nitrogens is 1. The number of benzene rings is 1. The van der Waals surface area contributed by atoms with E-state index in [9.17, 15) is 4.79 Å². The minimum Gasteiger partial charge on any atom is -0.496 e. The number of anilines is 1. The number of nitrogens with two attached hydrogens (primary N) is 1. The van der Waals surface area contributed by atoms with E-state index in [2.05, 4.69) is 12.4 Å². The second-order valence-electron chi connectivity index (χ2n) is 6.97. The van der Waals surface area contributed by atoms with E-state index in [1.165, 1.54) is 43.9 Å². The van der Waals surface area contributed by atoms with Crippen molar-refractivity contribution in [1.29, 1.82) is 0 Å². The molecule has 3 N–H and O–H groups in total. The van der Waals surface area contributed by atoms with Crippen LogP contribution in [0.4, 0.5) is 5.69 Å². The molecule has 0 bridgehead atoms. The molecule has 3 rings (SSSR count). The fourth-order valence-corrected chi connectivity index (χ4v) is 4.45. The van der Waals surface area contributed by atoms with Crippen LogP contribution in [0, 0.1) is 5.92 Å². The third-order valence-corrected chi connectivity index (χ3v) is 5.94. The number of nitrogens with zero attached hydrogens (tertiary/aromatic N) is 1. The van der Waals surface area contributed by atoms with E-state index in [4.69, 9.17) is 22.1 Å². The van der Waals surface area contributed by atoms with Crippen molar-refractivity contribution in [3.05, 3.63) is 22.7 Å². The van der Waals surface area contributed by atoms with Crippen molar-refractivity contribution in [2.45, 2.75) is 25.3 Å². The number of hydrogen-bond acceptors (Lipinski definition) is 3. The van der Waals surface area contributed by atoms with Crippen LogP contribution in [-0.2, 0) is 0 Å². The van der Waals surface area contributed by atoms with Crippen LogP contribution in [0.15, 0.2) is 12.1 Å². The van der Waals surface area contributed by atoms with Crippen molar-refractivity contribution < 1.29 is 14.0 Å². The van der Waals surface area contributed by atoms with Crippen LogP contribution in [0.3, 0.4) is 0 Å². The molecule has 2 saturated heterocycles. The number of rotatable bonds is 4. The summed E-state index contributed by atoms with van der Waals surface area (Å²) in [6.45, 7) is 3.21. The Balaban J connectivity index is 1.67. The van der Waals surface area contributed by atoms with Gasteiger partial charge in [-0.2, -0.15) is 0 Å². The van der Waals surface area contributed by atoms with Crippen LogP contribution in [-0.4, -0.2) is 50.2 Å². The molecule has 3 atom stereocenters.